The van der Waals surface area contributed by atoms with Crippen LogP contribution in [0.4, 0.5) is 0 Å². The molecule has 0 aliphatic rings. The number of aromatic nitrogens is 2. The first kappa shape index (κ1) is 27.7. The van der Waals surface area contributed by atoms with Gasteiger partial charge in [-0.05, 0) is 19.8 Å². The Labute approximate surface area is 195 Å². The van der Waals surface area contributed by atoms with Gasteiger partial charge in [0.25, 0.3) is 0 Å². The van der Waals surface area contributed by atoms with Crippen LogP contribution in [0.1, 0.15) is 25.5 Å². The quantitative estimate of drug-likeness (QED) is 0.0557. The fraction of sp³-hybridized carbons (Fsp3) is 0.556. The molecule has 0 aliphatic carbocycles. The van der Waals surface area contributed by atoms with Gasteiger partial charge in [0, 0.05) is 30.6 Å². The van der Waals surface area contributed by atoms with E-state index in [0.29, 0.717) is 18.7 Å². The van der Waals surface area contributed by atoms with E-state index in [1.165, 1.54) is 19.4 Å². The first-order chi connectivity index (χ1) is 15.5. The molecular weight excluding hydrogens is 454 g/mol. The van der Waals surface area contributed by atoms with E-state index in [0.717, 1.165) is 0 Å². The van der Waals surface area contributed by atoms with Crippen molar-refractivity contribution in [2.45, 2.75) is 50.4 Å². The zero-order valence-corrected chi connectivity index (χ0v) is 19.0. The molecule has 0 saturated carbocycles. The van der Waals surface area contributed by atoms with Gasteiger partial charge >= 0.3 is 5.97 Å². The van der Waals surface area contributed by atoms with E-state index in [4.69, 9.17) is 17.2 Å². The van der Waals surface area contributed by atoms with Crippen LogP contribution >= 0.6 is 12.6 Å². The highest BCUT2D eigenvalue weighted by Gasteiger charge is 2.28. The second kappa shape index (κ2) is 13.9. The highest BCUT2D eigenvalue weighted by atomic mass is 32.1. The van der Waals surface area contributed by atoms with E-state index in [9.17, 15) is 24.3 Å². The van der Waals surface area contributed by atoms with Crippen molar-refractivity contribution in [2.75, 3.05) is 12.3 Å². The molecule has 184 valence electrons. The molecule has 0 aliphatic heterocycles. The summed E-state index contributed by atoms with van der Waals surface area (Å²) in [4.78, 5) is 58.9. The predicted octanol–water partition coefficient (Wildman–Crippen LogP) is -3.18. The Morgan fingerprint density at radius 3 is 2.36 bits per heavy atom. The summed E-state index contributed by atoms with van der Waals surface area (Å²) in [5.74, 6) is -3.31. The average Bonchev–Trinajstić information content (AvgIpc) is 3.26. The number of aliphatic imine (C=N–C) groups is 1. The lowest BCUT2D eigenvalue weighted by Crippen LogP contribution is -2.57. The van der Waals surface area contributed by atoms with Crippen molar-refractivity contribution in [3.63, 3.8) is 0 Å². The highest BCUT2D eigenvalue weighted by molar-refractivity contribution is 7.80. The molecule has 1 rings (SSSR count). The highest BCUT2D eigenvalue weighted by Crippen LogP contribution is 2.01. The standard InChI is InChI=1S/C18H31N9O5S/c1-9(14(28)26-12(17(31)32)5-10-6-22-8-24-10)25-16(30)13(7-33)27-15(29)11(19)3-2-4-23-18(20)21/h6,8-9,11-13,33H,2-5,7,19H2,1H3,(H,22,24)(H,25,30)(H,26,28)(H,27,29)(H,31,32)(H4,20,21,23). The van der Waals surface area contributed by atoms with Gasteiger partial charge in [-0.15, -0.1) is 0 Å². The fourth-order valence-corrected chi connectivity index (χ4v) is 2.87. The van der Waals surface area contributed by atoms with E-state index >= 15 is 0 Å². The molecule has 1 aromatic heterocycles. The number of carboxylic acids is 1. The van der Waals surface area contributed by atoms with Crippen molar-refractivity contribution < 1.29 is 24.3 Å². The molecule has 0 saturated heterocycles. The summed E-state index contributed by atoms with van der Waals surface area (Å²) in [5.41, 5.74) is 16.8. The molecule has 4 unspecified atom stereocenters. The molecule has 3 amide bonds. The van der Waals surface area contributed by atoms with Crippen molar-refractivity contribution in [1.29, 1.82) is 0 Å². The Kier molecular flexibility index (Phi) is 11.7. The van der Waals surface area contributed by atoms with Gasteiger partial charge in [-0.3, -0.25) is 19.4 Å². The van der Waals surface area contributed by atoms with Crippen LogP contribution in [0.2, 0.25) is 0 Å². The lowest BCUT2D eigenvalue weighted by molar-refractivity contribution is -0.142. The molecular formula is C18H31N9O5S. The summed E-state index contributed by atoms with van der Waals surface area (Å²) >= 11 is 4.06. The van der Waals surface area contributed by atoms with E-state index in [-0.39, 0.29) is 24.6 Å². The minimum atomic E-state index is -1.24. The van der Waals surface area contributed by atoms with Gasteiger partial charge in [-0.2, -0.15) is 12.6 Å². The van der Waals surface area contributed by atoms with Crippen molar-refractivity contribution in [3.05, 3.63) is 18.2 Å². The summed E-state index contributed by atoms with van der Waals surface area (Å²) < 4.78 is 0. The number of nitrogens with one attached hydrogen (secondary N) is 4. The molecule has 0 fully saturated rings. The van der Waals surface area contributed by atoms with Gasteiger partial charge in [0.15, 0.2) is 5.96 Å². The number of aliphatic carboxylic acids is 1. The van der Waals surface area contributed by atoms with Gasteiger partial charge in [0.05, 0.1) is 12.4 Å². The smallest absolute Gasteiger partial charge is 0.326 e. The normalized spacial score (nSPS) is 14.3. The number of imidazole rings is 1. The molecule has 0 bridgehead atoms. The van der Waals surface area contributed by atoms with Gasteiger partial charge in [-0.1, -0.05) is 0 Å². The van der Waals surface area contributed by atoms with Crippen LogP contribution in [-0.2, 0) is 25.6 Å². The monoisotopic (exact) mass is 485 g/mol. The first-order valence-corrected chi connectivity index (χ1v) is 10.7. The van der Waals surface area contributed by atoms with Crippen LogP contribution in [-0.4, -0.2) is 81.2 Å². The van der Waals surface area contributed by atoms with Crippen LogP contribution in [0, 0.1) is 0 Å². The van der Waals surface area contributed by atoms with Gasteiger partial charge < -0.3 is 43.2 Å². The van der Waals surface area contributed by atoms with E-state index in [1.807, 2.05) is 0 Å². The van der Waals surface area contributed by atoms with Crippen LogP contribution in [0.5, 0.6) is 0 Å². The van der Waals surface area contributed by atoms with E-state index in [1.54, 1.807) is 0 Å². The summed E-state index contributed by atoms with van der Waals surface area (Å²) in [6.45, 7) is 1.69. The van der Waals surface area contributed by atoms with Crippen molar-refractivity contribution in [3.8, 4) is 0 Å². The first-order valence-electron chi connectivity index (χ1n) is 10.1. The summed E-state index contributed by atoms with van der Waals surface area (Å²) in [6, 6.07) is -4.25. The summed E-state index contributed by atoms with van der Waals surface area (Å²) in [6.07, 6.45) is 3.57. The second-order valence-electron chi connectivity index (χ2n) is 7.21. The van der Waals surface area contributed by atoms with E-state index in [2.05, 4.69) is 43.5 Å². The fourth-order valence-electron chi connectivity index (χ4n) is 2.62. The number of carbonyl (C=O) groups is 4. The summed E-state index contributed by atoms with van der Waals surface area (Å²) in [5, 5.41) is 16.6. The average molecular weight is 486 g/mol. The molecule has 0 aromatic carbocycles. The number of guanidine groups is 1. The second-order valence-corrected chi connectivity index (χ2v) is 7.57. The Bertz CT molecular complexity index is 829. The predicted molar refractivity (Wildman–Crippen MR) is 123 cm³/mol. The minimum absolute atomic E-state index is 0.0157. The third kappa shape index (κ3) is 10.2. The van der Waals surface area contributed by atoms with Crippen LogP contribution in [0.3, 0.4) is 0 Å². The zero-order chi connectivity index (χ0) is 25.0. The third-order valence-corrected chi connectivity index (χ3v) is 4.83. The number of amides is 3. The number of carboxylic acid groups (broad SMARTS) is 1. The van der Waals surface area contributed by atoms with Crippen LogP contribution in [0.25, 0.3) is 0 Å². The largest absolute Gasteiger partial charge is 0.480 e. The number of H-pyrrole nitrogens is 1. The molecule has 0 spiro atoms. The number of hydrogen-bond donors (Lipinski definition) is 9. The molecule has 15 heteroatoms. The molecule has 1 heterocycles. The number of rotatable bonds is 14. The summed E-state index contributed by atoms with van der Waals surface area (Å²) in [7, 11) is 0. The number of nitrogens with two attached hydrogens (primary N) is 3. The van der Waals surface area contributed by atoms with Crippen molar-refractivity contribution >= 4 is 42.3 Å². The number of hydrogen-bond acceptors (Lipinski definition) is 8. The Hall–Kier alpha value is -3.33. The Morgan fingerprint density at radius 1 is 1.15 bits per heavy atom. The lowest BCUT2D eigenvalue weighted by Gasteiger charge is -2.22. The number of aromatic amines is 1. The topological polar surface area (TPSA) is 244 Å². The maximum Gasteiger partial charge on any atom is 0.326 e. The minimum Gasteiger partial charge on any atom is -0.480 e. The van der Waals surface area contributed by atoms with Crippen LogP contribution in [0.15, 0.2) is 17.5 Å². The van der Waals surface area contributed by atoms with Crippen LogP contribution < -0.4 is 33.2 Å². The molecule has 0 radical (unpaired) electrons. The lowest BCUT2D eigenvalue weighted by atomic mass is 10.1. The Morgan fingerprint density at radius 2 is 1.82 bits per heavy atom. The molecule has 14 nitrogen and oxygen atoms in total. The number of thiol groups is 1. The maximum absolute atomic E-state index is 12.5. The molecule has 1 aromatic rings. The molecule has 11 N–H and O–H groups in total. The molecule has 4 atom stereocenters. The number of nitrogens with zero attached hydrogens (tertiary/aromatic N) is 2. The van der Waals surface area contributed by atoms with Gasteiger partial charge in [0.1, 0.15) is 18.1 Å². The van der Waals surface area contributed by atoms with Crippen molar-refractivity contribution in [2.24, 2.45) is 22.2 Å². The third-order valence-electron chi connectivity index (χ3n) is 4.47. The van der Waals surface area contributed by atoms with Gasteiger partial charge in [0.2, 0.25) is 17.7 Å². The van der Waals surface area contributed by atoms with Crippen molar-refractivity contribution in [1.82, 2.24) is 25.9 Å². The maximum atomic E-state index is 12.5. The zero-order valence-electron chi connectivity index (χ0n) is 18.2. The van der Waals surface area contributed by atoms with Gasteiger partial charge in [-0.25, -0.2) is 9.78 Å². The van der Waals surface area contributed by atoms with E-state index < -0.39 is 47.9 Å². The SMILES string of the molecule is CC(NC(=O)C(CS)NC(=O)C(N)CCCN=C(N)N)C(=O)NC(Cc1cnc[nH]1)C(=O)O. The number of carbonyl (C=O) groups excluding carboxylic acids is 3. The molecule has 33 heavy (non-hydrogen) atoms. The Balaban J connectivity index is 2.57.